The van der Waals surface area contributed by atoms with E-state index in [9.17, 15) is 4.79 Å². The van der Waals surface area contributed by atoms with Crippen LogP contribution in [0, 0.1) is 5.41 Å². The highest BCUT2D eigenvalue weighted by Gasteiger charge is 2.28. The van der Waals surface area contributed by atoms with Gasteiger partial charge in [0, 0.05) is 12.6 Å². The van der Waals surface area contributed by atoms with Crippen LogP contribution in [0.5, 0.6) is 0 Å². The zero-order chi connectivity index (χ0) is 19.7. The third-order valence-electron chi connectivity index (χ3n) is 5.56. The number of hydrogen-bond donors (Lipinski definition) is 2. The van der Waals surface area contributed by atoms with Crippen molar-refractivity contribution in [3.05, 3.63) is 36.2 Å². The van der Waals surface area contributed by atoms with E-state index in [0.717, 1.165) is 31.3 Å². The Bertz CT molecular complexity index is 968. The number of piperidine rings is 1. The standard InChI is InChI=1S/C21H27N5O2/c1-14(2)26-19-16(12-24-26)15(11-17(25-19)18-5-4-10-28-18)20(27)23-13-21(3)6-8-22-9-7-21/h4-5,10-12,14,22H,6-9,13H2,1-3H3,(H,23,27). The molecule has 0 radical (unpaired) electrons. The highest BCUT2D eigenvalue weighted by Crippen LogP contribution is 2.29. The number of hydrogen-bond acceptors (Lipinski definition) is 5. The van der Waals surface area contributed by atoms with Crippen LogP contribution in [0.4, 0.5) is 0 Å². The van der Waals surface area contributed by atoms with Crippen molar-refractivity contribution in [1.82, 2.24) is 25.4 Å². The summed E-state index contributed by atoms with van der Waals surface area (Å²) in [6, 6.07) is 5.61. The van der Waals surface area contributed by atoms with Gasteiger partial charge in [-0.25, -0.2) is 9.67 Å². The van der Waals surface area contributed by atoms with Crippen LogP contribution < -0.4 is 10.6 Å². The Kier molecular flexibility index (Phi) is 4.93. The molecule has 1 aliphatic heterocycles. The van der Waals surface area contributed by atoms with Crippen molar-refractivity contribution in [1.29, 1.82) is 0 Å². The van der Waals surface area contributed by atoms with Gasteiger partial charge in [0.25, 0.3) is 5.91 Å². The Morgan fingerprint density at radius 3 is 2.86 bits per heavy atom. The number of furan rings is 1. The number of pyridine rings is 1. The lowest BCUT2D eigenvalue weighted by molar-refractivity contribution is 0.0924. The molecule has 0 spiro atoms. The summed E-state index contributed by atoms with van der Waals surface area (Å²) in [6.07, 6.45) is 5.46. The van der Waals surface area contributed by atoms with Gasteiger partial charge in [0.1, 0.15) is 5.69 Å². The summed E-state index contributed by atoms with van der Waals surface area (Å²) in [5.74, 6) is 0.543. The van der Waals surface area contributed by atoms with Crippen LogP contribution >= 0.6 is 0 Å². The topological polar surface area (TPSA) is 85.0 Å². The maximum Gasteiger partial charge on any atom is 0.252 e. The van der Waals surface area contributed by atoms with E-state index in [2.05, 4.69) is 22.7 Å². The third kappa shape index (κ3) is 3.54. The van der Waals surface area contributed by atoms with Crippen molar-refractivity contribution in [2.75, 3.05) is 19.6 Å². The van der Waals surface area contributed by atoms with Crippen molar-refractivity contribution >= 4 is 16.9 Å². The molecule has 0 aliphatic carbocycles. The number of carbonyl (C=O) groups is 1. The Hall–Kier alpha value is -2.67. The van der Waals surface area contributed by atoms with Crippen LogP contribution in [-0.2, 0) is 0 Å². The Morgan fingerprint density at radius 1 is 1.39 bits per heavy atom. The summed E-state index contributed by atoms with van der Waals surface area (Å²) in [7, 11) is 0. The van der Waals surface area contributed by atoms with E-state index >= 15 is 0 Å². The molecule has 2 N–H and O–H groups in total. The summed E-state index contributed by atoms with van der Waals surface area (Å²) in [5.41, 5.74) is 2.04. The molecule has 3 aromatic rings. The number of nitrogens with one attached hydrogen (secondary N) is 2. The SMILES string of the molecule is CC(C)n1ncc2c(C(=O)NCC3(C)CCNCC3)cc(-c3ccco3)nc21. The quantitative estimate of drug-likeness (QED) is 0.708. The first-order chi connectivity index (χ1) is 13.5. The number of rotatable bonds is 5. The van der Waals surface area contributed by atoms with Gasteiger partial charge in [-0.3, -0.25) is 4.79 Å². The zero-order valence-corrected chi connectivity index (χ0v) is 16.7. The molecule has 4 heterocycles. The van der Waals surface area contributed by atoms with E-state index < -0.39 is 0 Å². The maximum atomic E-state index is 13.1. The molecule has 7 nitrogen and oxygen atoms in total. The molecule has 1 fully saturated rings. The van der Waals surface area contributed by atoms with Crippen LogP contribution in [-0.4, -0.2) is 40.3 Å². The van der Waals surface area contributed by atoms with Crippen molar-refractivity contribution in [2.45, 2.75) is 39.7 Å². The minimum absolute atomic E-state index is 0.0942. The molecular formula is C21H27N5O2. The molecule has 0 saturated carbocycles. The maximum absolute atomic E-state index is 13.1. The highest BCUT2D eigenvalue weighted by atomic mass is 16.3. The Morgan fingerprint density at radius 2 is 2.18 bits per heavy atom. The summed E-state index contributed by atoms with van der Waals surface area (Å²) in [5, 5.41) is 11.7. The lowest BCUT2D eigenvalue weighted by Crippen LogP contribution is -2.42. The molecule has 0 unspecified atom stereocenters. The fourth-order valence-corrected chi connectivity index (χ4v) is 3.73. The number of aromatic nitrogens is 3. The molecule has 1 amide bonds. The van der Waals surface area contributed by atoms with E-state index in [1.54, 1.807) is 18.5 Å². The van der Waals surface area contributed by atoms with Gasteiger partial charge in [-0.2, -0.15) is 5.10 Å². The first-order valence-corrected chi connectivity index (χ1v) is 9.88. The molecule has 4 rings (SSSR count). The summed E-state index contributed by atoms with van der Waals surface area (Å²) >= 11 is 0. The van der Waals surface area contributed by atoms with Crippen LogP contribution in [0.2, 0.25) is 0 Å². The molecular weight excluding hydrogens is 354 g/mol. The van der Waals surface area contributed by atoms with Crippen LogP contribution in [0.1, 0.15) is 50.0 Å². The fraction of sp³-hybridized carbons (Fsp3) is 0.476. The molecule has 0 aromatic carbocycles. The lowest BCUT2D eigenvalue weighted by atomic mass is 9.81. The Balaban J connectivity index is 1.69. The minimum atomic E-state index is -0.0942. The highest BCUT2D eigenvalue weighted by molar-refractivity contribution is 6.06. The molecule has 0 bridgehead atoms. The van der Waals surface area contributed by atoms with Gasteiger partial charge in [-0.15, -0.1) is 0 Å². The molecule has 1 saturated heterocycles. The summed E-state index contributed by atoms with van der Waals surface area (Å²) in [6.45, 7) is 8.98. The summed E-state index contributed by atoms with van der Waals surface area (Å²) in [4.78, 5) is 17.8. The van der Waals surface area contributed by atoms with Gasteiger partial charge in [0.2, 0.25) is 0 Å². The largest absolute Gasteiger partial charge is 0.463 e. The smallest absolute Gasteiger partial charge is 0.252 e. The van der Waals surface area contributed by atoms with Crippen molar-refractivity contribution in [2.24, 2.45) is 5.41 Å². The average molecular weight is 381 g/mol. The van der Waals surface area contributed by atoms with Crippen LogP contribution in [0.15, 0.2) is 35.1 Å². The van der Waals surface area contributed by atoms with E-state index in [-0.39, 0.29) is 17.4 Å². The van der Waals surface area contributed by atoms with E-state index in [4.69, 9.17) is 9.40 Å². The van der Waals surface area contributed by atoms with E-state index in [0.29, 0.717) is 29.2 Å². The van der Waals surface area contributed by atoms with Gasteiger partial charge in [0.05, 0.1) is 23.4 Å². The lowest BCUT2D eigenvalue weighted by Gasteiger charge is -2.34. The van der Waals surface area contributed by atoms with Gasteiger partial charge < -0.3 is 15.1 Å². The second kappa shape index (κ2) is 7.39. The van der Waals surface area contributed by atoms with Crippen molar-refractivity contribution < 1.29 is 9.21 Å². The normalized spacial score (nSPS) is 16.6. The van der Waals surface area contributed by atoms with Gasteiger partial charge in [-0.1, -0.05) is 6.92 Å². The third-order valence-corrected chi connectivity index (χ3v) is 5.56. The van der Waals surface area contributed by atoms with E-state index in [1.807, 2.05) is 30.7 Å². The average Bonchev–Trinajstić information content (AvgIpc) is 3.35. The first kappa shape index (κ1) is 18.7. The zero-order valence-electron chi connectivity index (χ0n) is 16.7. The van der Waals surface area contributed by atoms with Crippen molar-refractivity contribution in [3.8, 4) is 11.5 Å². The van der Waals surface area contributed by atoms with Gasteiger partial charge >= 0.3 is 0 Å². The fourth-order valence-electron chi connectivity index (χ4n) is 3.73. The predicted molar refractivity (Wildman–Crippen MR) is 108 cm³/mol. The molecule has 148 valence electrons. The number of amides is 1. The molecule has 28 heavy (non-hydrogen) atoms. The van der Waals surface area contributed by atoms with Gasteiger partial charge in [-0.05, 0) is 63.4 Å². The number of fused-ring (bicyclic) bond motifs is 1. The number of carbonyl (C=O) groups excluding carboxylic acids is 1. The monoisotopic (exact) mass is 381 g/mol. The number of nitrogens with zero attached hydrogens (tertiary/aromatic N) is 3. The predicted octanol–water partition coefficient (Wildman–Crippen LogP) is 3.39. The molecule has 1 aliphatic rings. The minimum Gasteiger partial charge on any atom is -0.463 e. The summed E-state index contributed by atoms with van der Waals surface area (Å²) < 4.78 is 7.36. The Labute approximate surface area is 164 Å². The second-order valence-electron chi connectivity index (χ2n) is 8.20. The first-order valence-electron chi connectivity index (χ1n) is 9.88. The molecule has 0 atom stereocenters. The van der Waals surface area contributed by atoms with Crippen LogP contribution in [0.25, 0.3) is 22.5 Å². The molecule has 7 heteroatoms. The van der Waals surface area contributed by atoms with Gasteiger partial charge in [0.15, 0.2) is 11.4 Å². The van der Waals surface area contributed by atoms with Crippen molar-refractivity contribution in [3.63, 3.8) is 0 Å². The van der Waals surface area contributed by atoms with E-state index in [1.165, 1.54) is 0 Å². The second-order valence-corrected chi connectivity index (χ2v) is 8.20. The molecule has 3 aromatic heterocycles. The van der Waals surface area contributed by atoms with Crippen LogP contribution in [0.3, 0.4) is 0 Å².